The fourth-order valence-corrected chi connectivity index (χ4v) is 3.74. The zero-order chi connectivity index (χ0) is 21.4. The summed E-state index contributed by atoms with van der Waals surface area (Å²) in [5.41, 5.74) is 0.905. The number of furan rings is 1. The predicted octanol–water partition coefficient (Wildman–Crippen LogP) is 3.34. The van der Waals surface area contributed by atoms with E-state index in [0.717, 1.165) is 11.8 Å². The maximum atomic E-state index is 11.4. The van der Waals surface area contributed by atoms with Crippen molar-refractivity contribution in [1.29, 1.82) is 0 Å². The van der Waals surface area contributed by atoms with Crippen LogP contribution in [0.25, 0.3) is 11.3 Å². The first kappa shape index (κ1) is 19.6. The van der Waals surface area contributed by atoms with Gasteiger partial charge in [-0.15, -0.1) is 0 Å². The third kappa shape index (κ3) is 3.50. The molecule has 2 aromatic heterocycles. The van der Waals surface area contributed by atoms with Gasteiger partial charge in [0.2, 0.25) is 0 Å². The van der Waals surface area contributed by atoms with Crippen LogP contribution in [-0.2, 0) is 0 Å². The van der Waals surface area contributed by atoms with Crippen LogP contribution in [0.1, 0.15) is 44.3 Å². The van der Waals surface area contributed by atoms with Crippen LogP contribution < -0.4 is 5.32 Å². The quantitative estimate of drug-likeness (QED) is 0.531. The van der Waals surface area contributed by atoms with Crippen molar-refractivity contribution in [3.63, 3.8) is 0 Å². The highest BCUT2D eigenvalue weighted by Gasteiger charge is 2.39. The lowest BCUT2D eigenvalue weighted by Crippen LogP contribution is -2.24. The summed E-state index contributed by atoms with van der Waals surface area (Å²) in [5, 5.41) is 22.4. The second-order valence-corrected chi connectivity index (χ2v) is 7.24. The van der Waals surface area contributed by atoms with Crippen molar-refractivity contribution in [2.24, 2.45) is 0 Å². The normalized spacial score (nSPS) is 18.3. The topological polar surface area (TPSA) is 116 Å². The Balaban J connectivity index is 1.74. The van der Waals surface area contributed by atoms with Crippen LogP contribution in [0.4, 0.5) is 0 Å². The van der Waals surface area contributed by atoms with Crippen LogP contribution in [0.5, 0.6) is 0 Å². The molecule has 0 radical (unpaired) electrons. The summed E-state index contributed by atoms with van der Waals surface area (Å²) < 4.78 is 6.04. The summed E-state index contributed by atoms with van der Waals surface area (Å²) in [6.07, 6.45) is 1.70. The molecule has 1 aromatic carbocycles. The number of aromatic nitrogens is 1. The van der Waals surface area contributed by atoms with Gasteiger partial charge in [0.15, 0.2) is 5.11 Å². The van der Waals surface area contributed by atoms with Gasteiger partial charge < -0.3 is 24.8 Å². The third-order valence-electron chi connectivity index (χ3n) is 4.97. The summed E-state index contributed by atoms with van der Waals surface area (Å²) in [4.78, 5) is 29.1. The number of carboxylic acids is 2. The maximum absolute atomic E-state index is 11.4. The molecule has 1 aliphatic heterocycles. The average Bonchev–Trinajstić information content (AvgIpc) is 3.33. The van der Waals surface area contributed by atoms with Gasteiger partial charge in [0.05, 0.1) is 22.9 Å². The monoisotopic (exact) mass is 423 g/mol. The number of likely N-dealkylation sites (N-methyl/N-ethyl adjacent to an activating group) is 1. The Labute approximate surface area is 176 Å². The lowest BCUT2D eigenvalue weighted by Gasteiger charge is -2.21. The Morgan fingerprint density at radius 2 is 1.80 bits per heavy atom. The number of nitrogens with zero attached hydrogens (tertiary/aromatic N) is 2. The lowest BCUT2D eigenvalue weighted by molar-refractivity contribution is 0.0696. The van der Waals surface area contributed by atoms with Crippen molar-refractivity contribution in [1.82, 2.24) is 15.2 Å². The van der Waals surface area contributed by atoms with Gasteiger partial charge in [-0.2, -0.15) is 0 Å². The van der Waals surface area contributed by atoms with E-state index >= 15 is 0 Å². The van der Waals surface area contributed by atoms with E-state index in [9.17, 15) is 19.8 Å². The molecule has 0 unspecified atom stereocenters. The fraction of sp³-hybridized carbons (Fsp3) is 0.143. The van der Waals surface area contributed by atoms with E-state index in [0.29, 0.717) is 22.2 Å². The molecule has 0 aliphatic carbocycles. The molecule has 30 heavy (non-hydrogen) atoms. The maximum Gasteiger partial charge on any atom is 0.335 e. The first-order valence-corrected chi connectivity index (χ1v) is 9.42. The molecule has 3 N–H and O–H groups in total. The Hall–Kier alpha value is -3.72. The third-order valence-corrected chi connectivity index (χ3v) is 5.37. The van der Waals surface area contributed by atoms with Crippen molar-refractivity contribution in [3.8, 4) is 11.3 Å². The number of hydrogen-bond acceptors (Lipinski definition) is 5. The summed E-state index contributed by atoms with van der Waals surface area (Å²) in [7, 11) is 1.85. The average molecular weight is 423 g/mol. The van der Waals surface area contributed by atoms with Crippen molar-refractivity contribution in [2.75, 3.05) is 7.05 Å². The van der Waals surface area contributed by atoms with Gasteiger partial charge in [0, 0.05) is 18.8 Å². The molecule has 3 aromatic rings. The largest absolute Gasteiger partial charge is 0.478 e. The van der Waals surface area contributed by atoms with E-state index in [-0.39, 0.29) is 23.2 Å². The van der Waals surface area contributed by atoms with Crippen LogP contribution in [-0.4, -0.2) is 44.2 Å². The van der Waals surface area contributed by atoms with Gasteiger partial charge >= 0.3 is 11.9 Å². The Morgan fingerprint density at radius 1 is 1.10 bits per heavy atom. The molecular formula is C21H17N3O5S. The van der Waals surface area contributed by atoms with Gasteiger partial charge in [-0.05, 0) is 54.7 Å². The molecule has 1 saturated heterocycles. The summed E-state index contributed by atoms with van der Waals surface area (Å²) in [6, 6.07) is 12.4. The van der Waals surface area contributed by atoms with Gasteiger partial charge in [0.1, 0.15) is 17.6 Å². The molecule has 1 aliphatic rings. The highest BCUT2D eigenvalue weighted by molar-refractivity contribution is 7.80. The molecule has 152 valence electrons. The van der Waals surface area contributed by atoms with Crippen molar-refractivity contribution < 1.29 is 24.2 Å². The number of aromatic carboxylic acids is 2. The molecule has 1 fully saturated rings. The van der Waals surface area contributed by atoms with E-state index in [1.165, 1.54) is 12.1 Å². The fourth-order valence-electron chi connectivity index (χ4n) is 3.50. The zero-order valence-corrected chi connectivity index (χ0v) is 16.6. The number of benzene rings is 1. The van der Waals surface area contributed by atoms with Crippen molar-refractivity contribution >= 4 is 29.3 Å². The number of rotatable bonds is 5. The Kier molecular flexibility index (Phi) is 4.96. The van der Waals surface area contributed by atoms with E-state index in [4.69, 9.17) is 16.6 Å². The SMILES string of the molecule is CN1C(=S)N[C@@H](c2ccccn2)[C@H]1c1ccc(-c2cc(C(=O)O)cc(C(=O)O)c2)o1. The van der Waals surface area contributed by atoms with Crippen LogP contribution >= 0.6 is 12.2 Å². The van der Waals surface area contributed by atoms with Crippen LogP contribution in [0.15, 0.2) is 59.1 Å². The number of hydrogen-bond donors (Lipinski definition) is 3. The molecule has 3 heterocycles. The van der Waals surface area contributed by atoms with Crippen molar-refractivity contribution in [3.05, 3.63) is 77.3 Å². The van der Waals surface area contributed by atoms with E-state index in [2.05, 4.69) is 10.3 Å². The molecule has 0 saturated carbocycles. The minimum Gasteiger partial charge on any atom is -0.478 e. The molecule has 8 nitrogen and oxygen atoms in total. The van der Waals surface area contributed by atoms with Crippen LogP contribution in [0, 0.1) is 0 Å². The zero-order valence-electron chi connectivity index (χ0n) is 15.8. The van der Waals surface area contributed by atoms with E-state index in [1.54, 1.807) is 18.3 Å². The van der Waals surface area contributed by atoms with Crippen LogP contribution in [0.3, 0.4) is 0 Å². The smallest absolute Gasteiger partial charge is 0.335 e. The van der Waals surface area contributed by atoms with Crippen LogP contribution in [0.2, 0.25) is 0 Å². The number of nitrogens with one attached hydrogen (secondary N) is 1. The van der Waals surface area contributed by atoms with E-state index in [1.807, 2.05) is 30.1 Å². The molecule has 0 bridgehead atoms. The molecule has 4 rings (SSSR count). The van der Waals surface area contributed by atoms with Gasteiger partial charge in [0.25, 0.3) is 0 Å². The standard InChI is InChI=1S/C21H17N3O5S/c1-24-18(17(23-21(24)30)14-4-2-3-7-22-14)16-6-5-15(29-16)11-8-12(19(25)26)10-13(9-11)20(27)28/h2-10,17-18H,1H3,(H,23,30)(H,25,26)(H,27,28)/t17-,18+/m0/s1. The summed E-state index contributed by atoms with van der Waals surface area (Å²) >= 11 is 5.40. The second-order valence-electron chi connectivity index (χ2n) is 6.85. The number of carbonyl (C=O) groups is 2. The molecular weight excluding hydrogens is 406 g/mol. The first-order chi connectivity index (χ1) is 14.3. The van der Waals surface area contributed by atoms with E-state index < -0.39 is 11.9 Å². The van der Waals surface area contributed by atoms with Gasteiger partial charge in [-0.25, -0.2) is 9.59 Å². The lowest BCUT2D eigenvalue weighted by atomic mass is 10.0. The molecule has 9 heteroatoms. The predicted molar refractivity (Wildman–Crippen MR) is 111 cm³/mol. The highest BCUT2D eigenvalue weighted by Crippen LogP contribution is 2.39. The minimum absolute atomic E-state index is 0.130. The Bertz CT molecular complexity index is 1110. The van der Waals surface area contributed by atoms with Gasteiger partial charge in [-0.1, -0.05) is 6.07 Å². The molecule has 2 atom stereocenters. The number of carboxylic acid groups (broad SMARTS) is 2. The molecule has 0 spiro atoms. The van der Waals surface area contributed by atoms with Gasteiger partial charge in [-0.3, -0.25) is 4.98 Å². The summed E-state index contributed by atoms with van der Waals surface area (Å²) in [6.45, 7) is 0. The highest BCUT2D eigenvalue weighted by atomic mass is 32.1. The summed E-state index contributed by atoms with van der Waals surface area (Å²) in [5.74, 6) is -1.48. The number of pyridine rings is 1. The van der Waals surface area contributed by atoms with Crippen molar-refractivity contribution in [2.45, 2.75) is 12.1 Å². The second kappa shape index (κ2) is 7.60. The minimum atomic E-state index is -1.22. The molecule has 0 amide bonds. The Morgan fingerprint density at radius 3 is 2.40 bits per heavy atom. The first-order valence-electron chi connectivity index (χ1n) is 9.01. The number of thiocarbonyl (C=S) groups is 1.